The Kier molecular flexibility index (Phi) is 14.9. The van der Waals surface area contributed by atoms with Gasteiger partial charge in [0.15, 0.2) is 0 Å². The molecule has 0 spiro atoms. The summed E-state index contributed by atoms with van der Waals surface area (Å²) in [5.74, 6) is 0. The van der Waals surface area contributed by atoms with Crippen LogP contribution in [0.3, 0.4) is 0 Å². The van der Waals surface area contributed by atoms with Crippen molar-refractivity contribution >= 4 is 23.6 Å². The summed E-state index contributed by atoms with van der Waals surface area (Å²) in [4.78, 5) is 0. The molecule has 4 rings (SSSR count). The molecule has 0 aliphatic heterocycles. The van der Waals surface area contributed by atoms with Crippen molar-refractivity contribution in [2.24, 2.45) is 0 Å². The molecule has 1 atom stereocenters. The molecule has 0 amide bonds. The van der Waals surface area contributed by atoms with Gasteiger partial charge in [0.1, 0.15) is 0 Å². The van der Waals surface area contributed by atoms with E-state index in [0.29, 0.717) is 0 Å². The molecule has 0 bridgehead atoms. The Morgan fingerprint density at radius 3 is 0.976 bits per heavy atom. The maximum absolute atomic E-state index is 2.61. The minimum absolute atomic E-state index is 0. The molecular weight excluding hydrogens is 615 g/mol. The zero-order chi connectivity index (χ0) is 27.5. The smallest absolute Gasteiger partial charge is 1.00 e. The molecule has 218 valence electrons. The van der Waals surface area contributed by atoms with Gasteiger partial charge in [-0.2, -0.15) is 0 Å². The first-order valence-corrected chi connectivity index (χ1v) is 17.6. The van der Waals surface area contributed by atoms with Crippen LogP contribution in [0.5, 0.6) is 0 Å². The molecule has 1 aliphatic carbocycles. The van der Waals surface area contributed by atoms with E-state index >= 15 is 0 Å². The van der Waals surface area contributed by atoms with Gasteiger partial charge in [-0.25, -0.2) is 0 Å². The molecular formula is C36H45Cl3SiTi. The predicted molar refractivity (Wildman–Crippen MR) is 166 cm³/mol. The van der Waals surface area contributed by atoms with Gasteiger partial charge in [-0.3, -0.25) is 0 Å². The Hall–Kier alpha value is -1.06. The second kappa shape index (κ2) is 16.1. The SMILES string of the molecule is CCc1cc(CC)cc([Si](c2cc(CC)cc(CC)c2)(c2cc(CC)cc(CC)c2)[C]2([Ti+3])C=CC(C)=C2)c1.[Cl-].[Cl-].[Cl-]. The number of halogens is 3. The van der Waals surface area contributed by atoms with Gasteiger partial charge in [-0.15, -0.1) is 0 Å². The molecule has 3 aromatic carbocycles. The molecule has 0 N–H and O–H groups in total. The van der Waals surface area contributed by atoms with Crippen molar-refractivity contribution in [3.63, 3.8) is 0 Å². The molecule has 3 aromatic rings. The molecule has 0 heterocycles. The molecule has 1 aliphatic rings. The molecule has 5 heteroatoms. The molecule has 0 saturated heterocycles. The van der Waals surface area contributed by atoms with Crippen LogP contribution in [-0.4, -0.2) is 8.07 Å². The van der Waals surface area contributed by atoms with Crippen molar-refractivity contribution in [2.75, 3.05) is 0 Å². The van der Waals surface area contributed by atoms with Crippen molar-refractivity contribution in [2.45, 2.75) is 90.3 Å². The van der Waals surface area contributed by atoms with Gasteiger partial charge in [0.25, 0.3) is 0 Å². The maximum atomic E-state index is 2.60. The van der Waals surface area contributed by atoms with Crippen molar-refractivity contribution in [3.8, 4) is 0 Å². The number of hydrogen-bond donors (Lipinski definition) is 0. The predicted octanol–water partition coefficient (Wildman–Crippen LogP) is -1.70. The van der Waals surface area contributed by atoms with Crippen LogP contribution in [0, 0.1) is 0 Å². The Morgan fingerprint density at radius 1 is 0.512 bits per heavy atom. The van der Waals surface area contributed by atoms with E-state index in [1.807, 2.05) is 0 Å². The summed E-state index contributed by atoms with van der Waals surface area (Å²) >= 11 is 2.53. The Morgan fingerprint density at radius 2 is 0.780 bits per heavy atom. The monoisotopic (exact) mass is 658 g/mol. The van der Waals surface area contributed by atoms with Gasteiger partial charge in [0, 0.05) is 0 Å². The number of rotatable bonds is 10. The van der Waals surface area contributed by atoms with Gasteiger partial charge in [-0.1, -0.05) is 0 Å². The third-order valence-electron chi connectivity index (χ3n) is 8.59. The normalized spacial score (nSPS) is 16.0. The number of aryl methyl sites for hydroxylation is 6. The summed E-state index contributed by atoms with van der Waals surface area (Å²) < 4.78 is -0.0663. The first-order chi connectivity index (χ1) is 18.3. The summed E-state index contributed by atoms with van der Waals surface area (Å²) in [5, 5.41) is 4.70. The standard InChI is InChI=1S/C36H45Si.3ClH.Ti/c1-8-27-17-28(9-2)21-34(20-27)37(33-15-14-26(7)16-33,35-22-29(10-3)18-30(11-4)23-35)36-24-31(12-5)19-32(13-6)25-36;;;;/h14-25H,8-13H2,1-7H3;3*1H;/q;;;;+3/p-3. The van der Waals surface area contributed by atoms with Crippen molar-refractivity contribution in [1.29, 1.82) is 0 Å². The topological polar surface area (TPSA) is 0 Å². The Bertz CT molecular complexity index is 1180. The fraction of sp³-hybridized carbons (Fsp3) is 0.389. The second-order valence-corrected chi connectivity index (χ2v) is 17.2. The van der Waals surface area contributed by atoms with Crippen LogP contribution in [0.15, 0.2) is 78.4 Å². The zero-order valence-corrected chi connectivity index (χ0v) is 30.6. The average molecular weight is 660 g/mol. The average Bonchev–Trinajstić information content (AvgIpc) is 3.31. The van der Waals surface area contributed by atoms with Crippen LogP contribution in [0.25, 0.3) is 0 Å². The molecule has 0 radical (unpaired) electrons. The van der Waals surface area contributed by atoms with Gasteiger partial charge in [0.2, 0.25) is 0 Å². The number of allylic oxidation sites excluding steroid dienone is 4. The van der Waals surface area contributed by atoms with Crippen molar-refractivity contribution in [3.05, 3.63) is 112 Å². The summed E-state index contributed by atoms with van der Waals surface area (Å²) in [6, 6.07) is 22.8. The van der Waals surface area contributed by atoms with Crippen LogP contribution < -0.4 is 52.8 Å². The van der Waals surface area contributed by atoms with E-state index in [4.69, 9.17) is 0 Å². The fourth-order valence-electron chi connectivity index (χ4n) is 6.33. The summed E-state index contributed by atoms with van der Waals surface area (Å²) in [6.45, 7) is 16.1. The third-order valence-corrected chi connectivity index (χ3v) is 15.8. The van der Waals surface area contributed by atoms with E-state index < -0.39 is 8.07 Å². The van der Waals surface area contributed by atoms with Crippen LogP contribution in [0.2, 0.25) is 3.34 Å². The minimum atomic E-state index is -2.61. The van der Waals surface area contributed by atoms with E-state index in [9.17, 15) is 0 Å². The van der Waals surface area contributed by atoms with Gasteiger partial charge < -0.3 is 37.2 Å². The Balaban J connectivity index is 0.00000280. The third kappa shape index (κ3) is 7.37. The van der Waals surface area contributed by atoms with Crippen molar-refractivity contribution < 1.29 is 57.7 Å². The first-order valence-electron chi connectivity index (χ1n) is 14.8. The van der Waals surface area contributed by atoms with Gasteiger partial charge in [-0.05, 0) is 0 Å². The van der Waals surface area contributed by atoms with Crippen LogP contribution in [0.4, 0.5) is 0 Å². The van der Waals surface area contributed by atoms with E-state index in [1.54, 1.807) is 15.6 Å². The Labute approximate surface area is 281 Å². The van der Waals surface area contributed by atoms with E-state index in [0.717, 1.165) is 38.5 Å². The fourth-order valence-corrected chi connectivity index (χ4v) is 14.5. The van der Waals surface area contributed by atoms with E-state index in [-0.39, 0.29) is 40.6 Å². The summed E-state index contributed by atoms with van der Waals surface area (Å²) in [5.41, 5.74) is 10.2. The largest absolute Gasteiger partial charge is 1.00 e. The number of hydrogen-bond acceptors (Lipinski definition) is 0. The molecule has 0 saturated carbocycles. The maximum Gasteiger partial charge on any atom is -1.00 e. The quantitative estimate of drug-likeness (QED) is 0.180. The van der Waals surface area contributed by atoms with Crippen molar-refractivity contribution in [1.82, 2.24) is 0 Å². The molecule has 1 unspecified atom stereocenters. The first kappa shape index (κ1) is 38.0. The van der Waals surface area contributed by atoms with E-state index in [1.165, 1.54) is 39.0 Å². The van der Waals surface area contributed by atoms with Crippen LogP contribution in [-0.2, 0) is 59.0 Å². The van der Waals surface area contributed by atoms with Gasteiger partial charge >= 0.3 is 246 Å². The van der Waals surface area contributed by atoms with E-state index in [2.05, 4.69) is 142 Å². The number of benzene rings is 3. The van der Waals surface area contributed by atoms with Crippen LogP contribution >= 0.6 is 0 Å². The second-order valence-electron chi connectivity index (χ2n) is 11.1. The van der Waals surface area contributed by atoms with Crippen LogP contribution in [0.1, 0.15) is 81.8 Å². The summed E-state index contributed by atoms with van der Waals surface area (Å²) in [7, 11) is -2.61. The molecule has 0 nitrogen and oxygen atoms in total. The minimum Gasteiger partial charge on any atom is -1.00 e. The van der Waals surface area contributed by atoms with Gasteiger partial charge in [0.05, 0.1) is 0 Å². The zero-order valence-electron chi connectivity index (χ0n) is 25.8. The molecule has 41 heavy (non-hydrogen) atoms. The summed E-state index contributed by atoms with van der Waals surface area (Å²) in [6.07, 6.45) is 13.9. The molecule has 0 aromatic heterocycles. The molecule has 0 fully saturated rings.